The van der Waals surface area contributed by atoms with E-state index in [2.05, 4.69) is 0 Å². The van der Waals surface area contributed by atoms with Gasteiger partial charge in [-0.25, -0.2) is 4.39 Å². The molecule has 0 unspecified atom stereocenters. The van der Waals surface area contributed by atoms with E-state index in [9.17, 15) is 9.18 Å². The Bertz CT molecular complexity index is 537. The van der Waals surface area contributed by atoms with Crippen molar-refractivity contribution in [2.24, 2.45) is 0 Å². The lowest BCUT2D eigenvalue weighted by atomic mass is 10.0. The zero-order chi connectivity index (χ0) is 12.3. The fourth-order valence-electron chi connectivity index (χ4n) is 1.59. The molecule has 0 fully saturated rings. The topological polar surface area (TPSA) is 17.1 Å². The molecule has 0 aliphatic heterocycles. The number of carbonyl (C=O) groups excluding carboxylic acids is 1. The van der Waals surface area contributed by atoms with E-state index in [0.29, 0.717) is 5.02 Å². The van der Waals surface area contributed by atoms with E-state index in [1.165, 1.54) is 18.2 Å². The summed E-state index contributed by atoms with van der Waals surface area (Å²) >= 11 is 5.74. The lowest BCUT2D eigenvalue weighted by Crippen LogP contribution is -2.06. The van der Waals surface area contributed by atoms with Gasteiger partial charge in [0.1, 0.15) is 5.82 Å². The van der Waals surface area contributed by atoms with E-state index in [1.807, 2.05) is 30.3 Å². The summed E-state index contributed by atoms with van der Waals surface area (Å²) in [7, 11) is 0. The molecule has 0 radical (unpaired) electrons. The van der Waals surface area contributed by atoms with Gasteiger partial charge in [-0.3, -0.25) is 4.79 Å². The molecule has 0 spiro atoms. The summed E-state index contributed by atoms with van der Waals surface area (Å²) < 4.78 is 13.4. The maximum absolute atomic E-state index is 13.4. The molecule has 0 bridgehead atoms. The van der Waals surface area contributed by atoms with Crippen LogP contribution in [0.3, 0.4) is 0 Å². The molecule has 1 nitrogen and oxygen atoms in total. The van der Waals surface area contributed by atoms with Crippen molar-refractivity contribution in [3.63, 3.8) is 0 Å². The zero-order valence-corrected chi connectivity index (χ0v) is 9.75. The maximum atomic E-state index is 13.4. The predicted molar refractivity (Wildman–Crippen MR) is 65.9 cm³/mol. The molecule has 0 atom stereocenters. The molecular weight excluding hydrogens is 239 g/mol. The van der Waals surface area contributed by atoms with Crippen molar-refractivity contribution in [3.05, 3.63) is 70.5 Å². The molecule has 2 aromatic carbocycles. The van der Waals surface area contributed by atoms with Crippen molar-refractivity contribution in [3.8, 4) is 0 Å². The van der Waals surface area contributed by atoms with Crippen molar-refractivity contribution in [2.45, 2.75) is 6.42 Å². The van der Waals surface area contributed by atoms with Crippen LogP contribution in [0.4, 0.5) is 4.39 Å². The first-order valence-electron chi connectivity index (χ1n) is 5.19. The predicted octanol–water partition coefficient (Wildman–Crippen LogP) is 3.90. The van der Waals surface area contributed by atoms with Crippen LogP contribution >= 0.6 is 11.6 Å². The van der Waals surface area contributed by atoms with Crippen LogP contribution in [0.2, 0.25) is 5.02 Å². The summed E-state index contributed by atoms with van der Waals surface area (Å²) in [6.45, 7) is 0. The monoisotopic (exact) mass is 248 g/mol. The normalized spacial score (nSPS) is 10.2. The molecule has 0 aromatic heterocycles. The Morgan fingerprint density at radius 1 is 1.12 bits per heavy atom. The Hall–Kier alpha value is -1.67. The van der Waals surface area contributed by atoms with E-state index in [4.69, 9.17) is 11.6 Å². The van der Waals surface area contributed by atoms with Crippen molar-refractivity contribution < 1.29 is 9.18 Å². The van der Waals surface area contributed by atoms with Crippen LogP contribution in [0.25, 0.3) is 0 Å². The molecule has 2 aromatic rings. The largest absolute Gasteiger partial charge is 0.294 e. The van der Waals surface area contributed by atoms with Crippen LogP contribution in [0.1, 0.15) is 15.9 Å². The van der Waals surface area contributed by atoms with Crippen LogP contribution in [0.15, 0.2) is 48.5 Å². The van der Waals surface area contributed by atoms with Gasteiger partial charge in [-0.15, -0.1) is 0 Å². The van der Waals surface area contributed by atoms with Gasteiger partial charge in [0.25, 0.3) is 0 Å². The molecule has 0 aliphatic carbocycles. The van der Waals surface area contributed by atoms with E-state index in [-0.39, 0.29) is 17.8 Å². The second-order valence-electron chi connectivity index (χ2n) is 3.71. The molecule has 3 heteroatoms. The van der Waals surface area contributed by atoms with E-state index in [0.717, 1.165) is 5.56 Å². The molecule has 0 heterocycles. The van der Waals surface area contributed by atoms with E-state index in [1.54, 1.807) is 0 Å². The first-order valence-corrected chi connectivity index (χ1v) is 5.57. The highest BCUT2D eigenvalue weighted by Crippen LogP contribution is 2.17. The van der Waals surface area contributed by atoms with Gasteiger partial charge in [0.05, 0.1) is 5.56 Å². The lowest BCUT2D eigenvalue weighted by Gasteiger charge is -2.03. The lowest BCUT2D eigenvalue weighted by molar-refractivity contribution is 0.0989. The number of hydrogen-bond acceptors (Lipinski definition) is 1. The average molecular weight is 249 g/mol. The fraction of sp³-hybridized carbons (Fsp3) is 0.0714. The summed E-state index contributed by atoms with van der Waals surface area (Å²) in [4.78, 5) is 11.9. The van der Waals surface area contributed by atoms with Gasteiger partial charge in [-0.2, -0.15) is 0 Å². The molecule has 0 saturated carbocycles. The van der Waals surface area contributed by atoms with Gasteiger partial charge >= 0.3 is 0 Å². The average Bonchev–Trinajstić information content (AvgIpc) is 2.33. The Balaban J connectivity index is 2.23. The first kappa shape index (κ1) is 11.8. The number of benzene rings is 2. The van der Waals surface area contributed by atoms with E-state index < -0.39 is 5.82 Å². The quantitative estimate of drug-likeness (QED) is 0.753. The summed E-state index contributed by atoms with van der Waals surface area (Å²) in [5.41, 5.74) is 0.901. The van der Waals surface area contributed by atoms with Crippen LogP contribution in [0, 0.1) is 5.82 Å². The third kappa shape index (κ3) is 2.92. The van der Waals surface area contributed by atoms with Crippen molar-refractivity contribution in [1.82, 2.24) is 0 Å². The van der Waals surface area contributed by atoms with Gasteiger partial charge in [-0.05, 0) is 23.8 Å². The Labute approximate surface area is 104 Å². The van der Waals surface area contributed by atoms with Gasteiger partial charge < -0.3 is 0 Å². The molecule has 0 aliphatic rings. The number of ketones is 1. The minimum Gasteiger partial charge on any atom is -0.294 e. The van der Waals surface area contributed by atoms with Crippen LogP contribution < -0.4 is 0 Å². The molecule has 17 heavy (non-hydrogen) atoms. The number of Topliss-reactive ketones (excluding diaryl/α,β-unsaturated/α-hetero) is 1. The highest BCUT2D eigenvalue weighted by atomic mass is 35.5. The van der Waals surface area contributed by atoms with Gasteiger partial charge in [0.2, 0.25) is 0 Å². The SMILES string of the molecule is O=C(Cc1ccccc1)c1cc(Cl)ccc1F. The highest BCUT2D eigenvalue weighted by Gasteiger charge is 2.12. The second-order valence-corrected chi connectivity index (χ2v) is 4.15. The molecular formula is C14H10ClFO. The van der Waals surface area contributed by atoms with Crippen molar-refractivity contribution in [1.29, 1.82) is 0 Å². The third-order valence-electron chi connectivity index (χ3n) is 2.44. The minimum absolute atomic E-state index is 0.0429. The number of carbonyl (C=O) groups is 1. The summed E-state index contributed by atoms with van der Waals surface area (Å²) in [6, 6.07) is 13.2. The smallest absolute Gasteiger partial charge is 0.170 e. The van der Waals surface area contributed by atoms with E-state index >= 15 is 0 Å². The van der Waals surface area contributed by atoms with Crippen molar-refractivity contribution in [2.75, 3.05) is 0 Å². The van der Waals surface area contributed by atoms with Gasteiger partial charge in [0.15, 0.2) is 5.78 Å². The maximum Gasteiger partial charge on any atom is 0.170 e. The summed E-state index contributed by atoms with van der Waals surface area (Å²) in [6.07, 6.45) is 0.179. The van der Waals surface area contributed by atoms with Gasteiger partial charge in [0, 0.05) is 11.4 Å². The van der Waals surface area contributed by atoms with Crippen LogP contribution in [-0.4, -0.2) is 5.78 Å². The Morgan fingerprint density at radius 3 is 2.53 bits per heavy atom. The van der Waals surface area contributed by atoms with Crippen LogP contribution in [0.5, 0.6) is 0 Å². The molecule has 86 valence electrons. The number of halogens is 2. The third-order valence-corrected chi connectivity index (χ3v) is 2.67. The standard InChI is InChI=1S/C14H10ClFO/c15-11-6-7-13(16)12(9-11)14(17)8-10-4-2-1-3-5-10/h1-7,9H,8H2. The minimum atomic E-state index is -0.532. The molecule has 0 saturated heterocycles. The van der Waals surface area contributed by atoms with Crippen molar-refractivity contribution >= 4 is 17.4 Å². The zero-order valence-electron chi connectivity index (χ0n) is 8.99. The summed E-state index contributed by atoms with van der Waals surface area (Å²) in [5, 5.41) is 0.364. The molecule has 0 amide bonds. The summed E-state index contributed by atoms with van der Waals surface area (Å²) in [5.74, 6) is -0.800. The number of rotatable bonds is 3. The molecule has 0 N–H and O–H groups in total. The fourth-order valence-corrected chi connectivity index (χ4v) is 1.76. The highest BCUT2D eigenvalue weighted by molar-refractivity contribution is 6.31. The van der Waals surface area contributed by atoms with Crippen LogP contribution in [-0.2, 0) is 6.42 Å². The number of hydrogen-bond donors (Lipinski definition) is 0. The Kier molecular flexibility index (Phi) is 3.55. The second kappa shape index (κ2) is 5.11. The Morgan fingerprint density at radius 2 is 1.82 bits per heavy atom. The first-order chi connectivity index (χ1) is 8.16. The van der Waals surface area contributed by atoms with Gasteiger partial charge in [-0.1, -0.05) is 41.9 Å². The molecule has 2 rings (SSSR count).